The molecule has 2 aliphatic rings. The van der Waals surface area contributed by atoms with Gasteiger partial charge in [0.2, 0.25) is 5.95 Å². The number of nitrogens with two attached hydrogens (primary N) is 1. The van der Waals surface area contributed by atoms with E-state index in [-0.39, 0.29) is 17.9 Å². The van der Waals surface area contributed by atoms with Gasteiger partial charge in [0.05, 0.1) is 18.9 Å². The van der Waals surface area contributed by atoms with Crippen LogP contribution in [0.15, 0.2) is 12.3 Å². The van der Waals surface area contributed by atoms with E-state index in [1.807, 2.05) is 0 Å². The number of ether oxygens (including phenoxy) is 1. The van der Waals surface area contributed by atoms with E-state index in [0.717, 1.165) is 38.0 Å². The van der Waals surface area contributed by atoms with Gasteiger partial charge in [-0.2, -0.15) is 0 Å². The molecule has 0 spiro atoms. The van der Waals surface area contributed by atoms with Gasteiger partial charge in [-0.1, -0.05) is 19.3 Å². The third-order valence-electron chi connectivity index (χ3n) is 4.67. The molecule has 1 aliphatic heterocycles. The number of aliphatic hydroxyl groups is 1. The first-order chi connectivity index (χ1) is 11.6. The predicted octanol–water partition coefficient (Wildman–Crippen LogP) is 2.66. The fourth-order valence-electron chi connectivity index (χ4n) is 3.40. The Morgan fingerprint density at radius 1 is 1.21 bits per heavy atom. The minimum Gasteiger partial charge on any atom is -0.391 e. The zero-order valence-electron chi connectivity index (χ0n) is 13.8. The minimum atomic E-state index is -0.259. The van der Waals surface area contributed by atoms with Crippen molar-refractivity contribution >= 4 is 11.5 Å². The summed E-state index contributed by atoms with van der Waals surface area (Å²) in [5.41, 5.74) is 6.92. The Labute approximate surface area is 140 Å². The van der Waals surface area contributed by atoms with Gasteiger partial charge in [0, 0.05) is 18.2 Å². The Hall–Kier alpha value is -1.73. The standard InChI is InChI=1S/C12H15FN4.C5H10O2/c13-9-6-10(8-4-2-1-3-5-8)17-11(9)7-15-12(14)16-17;6-5-2-1-3-7-4-5/h6-8H,1-5H2,(H2,14,16);5-6H,1-4H2. The first-order valence-corrected chi connectivity index (χ1v) is 8.70. The van der Waals surface area contributed by atoms with Crippen molar-refractivity contribution < 1.29 is 14.2 Å². The highest BCUT2D eigenvalue weighted by atomic mass is 19.1. The van der Waals surface area contributed by atoms with Crippen LogP contribution in [0.5, 0.6) is 0 Å². The molecular formula is C17H25FN4O2. The summed E-state index contributed by atoms with van der Waals surface area (Å²) in [4.78, 5) is 3.83. The van der Waals surface area contributed by atoms with E-state index in [2.05, 4.69) is 10.1 Å². The number of rotatable bonds is 1. The Morgan fingerprint density at radius 3 is 2.62 bits per heavy atom. The summed E-state index contributed by atoms with van der Waals surface area (Å²) < 4.78 is 20.3. The summed E-state index contributed by atoms with van der Waals surface area (Å²) in [6.45, 7) is 1.37. The Morgan fingerprint density at radius 2 is 2.00 bits per heavy atom. The number of aliphatic hydroxyl groups excluding tert-OH is 1. The first kappa shape index (κ1) is 17.1. The van der Waals surface area contributed by atoms with Gasteiger partial charge in [-0.25, -0.2) is 13.9 Å². The molecule has 1 atom stereocenters. The molecular weight excluding hydrogens is 311 g/mol. The van der Waals surface area contributed by atoms with Gasteiger partial charge in [-0.3, -0.25) is 0 Å². The maximum absolute atomic E-state index is 13.8. The number of hydrogen-bond acceptors (Lipinski definition) is 5. The van der Waals surface area contributed by atoms with Gasteiger partial charge in [0.25, 0.3) is 0 Å². The van der Waals surface area contributed by atoms with Gasteiger partial charge >= 0.3 is 0 Å². The number of nitrogen functional groups attached to an aromatic ring is 1. The second-order valence-electron chi connectivity index (χ2n) is 6.54. The molecule has 1 unspecified atom stereocenters. The van der Waals surface area contributed by atoms with Gasteiger partial charge in [-0.15, -0.1) is 5.10 Å². The van der Waals surface area contributed by atoms with Crippen molar-refractivity contribution in [1.82, 2.24) is 14.6 Å². The molecule has 1 aliphatic carbocycles. The zero-order valence-corrected chi connectivity index (χ0v) is 13.8. The minimum absolute atomic E-state index is 0.185. The van der Waals surface area contributed by atoms with E-state index in [1.165, 1.54) is 25.5 Å². The number of nitrogens with zero attached hydrogens (tertiary/aromatic N) is 3. The van der Waals surface area contributed by atoms with E-state index < -0.39 is 0 Å². The molecule has 3 N–H and O–H groups in total. The number of fused-ring (bicyclic) bond motifs is 1. The van der Waals surface area contributed by atoms with Crippen molar-refractivity contribution in [2.75, 3.05) is 18.9 Å². The first-order valence-electron chi connectivity index (χ1n) is 8.70. The number of aromatic nitrogens is 3. The van der Waals surface area contributed by atoms with E-state index in [0.29, 0.717) is 18.0 Å². The third kappa shape index (κ3) is 4.02. The molecule has 132 valence electrons. The van der Waals surface area contributed by atoms with E-state index in [1.54, 1.807) is 10.6 Å². The molecule has 1 saturated carbocycles. The van der Waals surface area contributed by atoms with Crippen LogP contribution in [0.4, 0.5) is 10.3 Å². The molecule has 0 radical (unpaired) electrons. The molecule has 4 rings (SSSR count). The van der Waals surface area contributed by atoms with Crippen molar-refractivity contribution in [1.29, 1.82) is 0 Å². The van der Waals surface area contributed by atoms with Crippen molar-refractivity contribution in [3.05, 3.63) is 23.8 Å². The van der Waals surface area contributed by atoms with Crippen LogP contribution in [0.2, 0.25) is 0 Å². The largest absolute Gasteiger partial charge is 0.391 e. The summed E-state index contributed by atoms with van der Waals surface area (Å²) in [6.07, 6.45) is 9.10. The molecule has 0 bridgehead atoms. The van der Waals surface area contributed by atoms with Crippen LogP contribution < -0.4 is 5.73 Å². The monoisotopic (exact) mass is 336 g/mol. The second-order valence-corrected chi connectivity index (χ2v) is 6.54. The summed E-state index contributed by atoms with van der Waals surface area (Å²) >= 11 is 0. The quantitative estimate of drug-likeness (QED) is 0.836. The van der Waals surface area contributed by atoms with Gasteiger partial charge in [0.1, 0.15) is 5.52 Å². The van der Waals surface area contributed by atoms with Gasteiger partial charge in [-0.05, 0) is 31.7 Å². The lowest BCUT2D eigenvalue weighted by atomic mass is 9.87. The van der Waals surface area contributed by atoms with Crippen molar-refractivity contribution in [3.8, 4) is 0 Å². The molecule has 7 heteroatoms. The fourth-order valence-corrected chi connectivity index (χ4v) is 3.40. The fraction of sp³-hybridized carbons (Fsp3) is 0.647. The van der Waals surface area contributed by atoms with Crippen LogP contribution in [0.25, 0.3) is 5.52 Å². The summed E-state index contributed by atoms with van der Waals surface area (Å²) in [5, 5.41) is 12.9. The molecule has 2 aromatic heterocycles. The van der Waals surface area contributed by atoms with Crippen LogP contribution in [-0.2, 0) is 4.74 Å². The highest BCUT2D eigenvalue weighted by Gasteiger charge is 2.21. The van der Waals surface area contributed by atoms with E-state index in [4.69, 9.17) is 15.6 Å². The van der Waals surface area contributed by atoms with Crippen LogP contribution >= 0.6 is 0 Å². The van der Waals surface area contributed by atoms with Gasteiger partial charge in [0.15, 0.2) is 5.82 Å². The summed E-state index contributed by atoms with van der Waals surface area (Å²) in [6, 6.07) is 1.58. The lowest BCUT2D eigenvalue weighted by Gasteiger charge is -2.20. The lowest BCUT2D eigenvalue weighted by Crippen LogP contribution is -2.21. The lowest BCUT2D eigenvalue weighted by molar-refractivity contribution is -0.00535. The second kappa shape index (κ2) is 7.90. The molecule has 3 heterocycles. The van der Waals surface area contributed by atoms with Crippen LogP contribution in [0, 0.1) is 5.82 Å². The van der Waals surface area contributed by atoms with Crippen molar-refractivity contribution in [2.45, 2.75) is 57.0 Å². The van der Waals surface area contributed by atoms with E-state index >= 15 is 0 Å². The Balaban J connectivity index is 0.000000203. The SMILES string of the molecule is Nc1ncc2c(F)cc(C3CCCCC3)n2n1.OC1CCCOC1. The van der Waals surface area contributed by atoms with Crippen LogP contribution in [0.3, 0.4) is 0 Å². The van der Waals surface area contributed by atoms with Crippen LogP contribution in [-0.4, -0.2) is 39.0 Å². The highest BCUT2D eigenvalue weighted by molar-refractivity contribution is 5.49. The maximum atomic E-state index is 13.8. The van der Waals surface area contributed by atoms with E-state index in [9.17, 15) is 4.39 Å². The maximum Gasteiger partial charge on any atom is 0.238 e. The molecule has 2 fully saturated rings. The summed E-state index contributed by atoms with van der Waals surface area (Å²) in [5.74, 6) is 0.325. The normalized spacial score (nSPS) is 22.2. The molecule has 24 heavy (non-hydrogen) atoms. The Bertz CT molecular complexity index is 664. The van der Waals surface area contributed by atoms with Gasteiger partial charge < -0.3 is 15.6 Å². The van der Waals surface area contributed by atoms with Crippen molar-refractivity contribution in [2.24, 2.45) is 0 Å². The molecule has 2 aromatic rings. The number of hydrogen-bond donors (Lipinski definition) is 2. The predicted molar refractivity (Wildman–Crippen MR) is 89.2 cm³/mol. The average Bonchev–Trinajstić information content (AvgIpc) is 2.93. The molecule has 1 saturated heterocycles. The van der Waals surface area contributed by atoms with Crippen LogP contribution in [0.1, 0.15) is 56.6 Å². The zero-order chi connectivity index (χ0) is 16.9. The number of halogens is 1. The number of anilines is 1. The van der Waals surface area contributed by atoms with Crippen molar-refractivity contribution in [3.63, 3.8) is 0 Å². The average molecular weight is 336 g/mol. The molecule has 0 aromatic carbocycles. The summed E-state index contributed by atoms with van der Waals surface area (Å²) in [7, 11) is 0. The topological polar surface area (TPSA) is 85.7 Å². The molecule has 0 amide bonds. The Kier molecular flexibility index (Phi) is 5.63. The smallest absolute Gasteiger partial charge is 0.238 e. The highest BCUT2D eigenvalue weighted by Crippen LogP contribution is 2.34. The third-order valence-corrected chi connectivity index (χ3v) is 4.67. The molecule has 6 nitrogen and oxygen atoms in total.